The van der Waals surface area contributed by atoms with Crippen molar-refractivity contribution in [3.63, 3.8) is 0 Å². The van der Waals surface area contributed by atoms with E-state index in [1.807, 2.05) is 0 Å². The monoisotopic (exact) mass is 429 g/mol. The van der Waals surface area contributed by atoms with Crippen LogP contribution in [-0.2, 0) is 14.3 Å². The fraction of sp³-hybridized carbons (Fsp3) is 0.870. The highest BCUT2D eigenvalue weighted by Gasteiger charge is 2.17. The maximum atomic E-state index is 11.2. The van der Waals surface area contributed by atoms with Gasteiger partial charge in [0.2, 0.25) is 11.8 Å². The first-order valence-corrected chi connectivity index (χ1v) is 11.6. The minimum absolute atomic E-state index is 0.182. The van der Waals surface area contributed by atoms with Crippen LogP contribution in [-0.4, -0.2) is 29.6 Å². The number of nitrogens with one attached hydrogen (secondary N) is 1. The van der Waals surface area contributed by atoms with Crippen molar-refractivity contribution in [1.82, 2.24) is 5.32 Å². The summed E-state index contributed by atoms with van der Waals surface area (Å²) in [5.41, 5.74) is 9.97. The molecule has 0 radical (unpaired) electrons. The minimum Gasteiger partial charge on any atom is -0.444 e. The molecule has 0 saturated heterocycles. The van der Waals surface area contributed by atoms with Crippen LogP contribution in [0.15, 0.2) is 0 Å². The molecule has 0 unspecified atom stereocenters. The van der Waals surface area contributed by atoms with Crippen LogP contribution in [0.5, 0.6) is 0 Å². The van der Waals surface area contributed by atoms with E-state index in [1.165, 1.54) is 32.1 Å². The topological polar surface area (TPSA) is 125 Å². The van der Waals surface area contributed by atoms with Gasteiger partial charge in [-0.05, 0) is 46.5 Å². The molecule has 0 aromatic rings. The van der Waals surface area contributed by atoms with Gasteiger partial charge in [-0.1, -0.05) is 58.8 Å². The summed E-state index contributed by atoms with van der Waals surface area (Å²) < 4.78 is 4.94. The summed E-state index contributed by atoms with van der Waals surface area (Å²) in [5.74, 6) is -0.448. The lowest BCUT2D eigenvalue weighted by molar-refractivity contribution is -0.121. The molecule has 7 nitrogen and oxygen atoms in total. The third-order valence-corrected chi connectivity index (χ3v) is 4.32. The molecule has 30 heavy (non-hydrogen) atoms. The molecule has 0 spiro atoms. The largest absolute Gasteiger partial charge is 0.444 e. The van der Waals surface area contributed by atoms with Gasteiger partial charge < -0.3 is 16.2 Å². The van der Waals surface area contributed by atoms with E-state index in [2.05, 4.69) is 19.2 Å². The zero-order chi connectivity index (χ0) is 23.4. The van der Waals surface area contributed by atoms with Crippen LogP contribution < -0.4 is 16.8 Å². The number of hydrogen-bond donors (Lipinski definition) is 3. The normalized spacial score (nSPS) is 13.8. The van der Waals surface area contributed by atoms with Crippen molar-refractivity contribution in [3.8, 4) is 0 Å². The molecule has 1 aliphatic rings. The van der Waals surface area contributed by atoms with Crippen LogP contribution in [0.2, 0.25) is 0 Å². The smallest absolute Gasteiger partial charge is 0.414 e. The van der Waals surface area contributed by atoms with Crippen LogP contribution in [0.1, 0.15) is 118 Å². The van der Waals surface area contributed by atoms with Gasteiger partial charge in [0.05, 0.1) is 0 Å². The van der Waals surface area contributed by atoms with Crippen LogP contribution in [0.3, 0.4) is 0 Å². The number of alkyl carbamates (subject to hydrolysis) is 1. The molecule has 0 atom stereocenters. The van der Waals surface area contributed by atoms with E-state index in [1.54, 1.807) is 20.8 Å². The number of primary amides is 1. The van der Waals surface area contributed by atoms with Crippen LogP contribution in [0, 0.1) is 0 Å². The standard InChI is InChI=1S/C11H21NO3.C6H13NO.C6H13N/c1-5-6-7-8-9(13)12-10(14)15-11(2,3)4;1-2-3-4-5-6(7)8;7-6-4-2-1-3-5-6/h5-8H2,1-4H3,(H,12,13,14);2-5H2,1H3,(H2,7,8);6H,1-5,7H2. The molecule has 0 bridgehead atoms. The van der Waals surface area contributed by atoms with Gasteiger partial charge in [-0.25, -0.2) is 4.79 Å². The summed E-state index contributed by atoms with van der Waals surface area (Å²) in [5, 5.41) is 2.20. The van der Waals surface area contributed by atoms with E-state index in [0.29, 0.717) is 18.9 Å². The molecule has 0 heterocycles. The Hall–Kier alpha value is -1.63. The Balaban J connectivity index is 0. The van der Waals surface area contributed by atoms with Crippen LogP contribution in [0.4, 0.5) is 4.79 Å². The second-order valence-electron chi connectivity index (χ2n) is 8.83. The first-order valence-electron chi connectivity index (χ1n) is 11.6. The van der Waals surface area contributed by atoms with E-state index in [-0.39, 0.29) is 11.8 Å². The lowest BCUT2D eigenvalue weighted by Gasteiger charge is -2.19. The Morgan fingerprint density at radius 1 is 0.900 bits per heavy atom. The third-order valence-electron chi connectivity index (χ3n) is 4.32. The maximum Gasteiger partial charge on any atom is 0.414 e. The maximum absolute atomic E-state index is 11.2. The lowest BCUT2D eigenvalue weighted by Crippen LogP contribution is -2.36. The van der Waals surface area contributed by atoms with Crippen molar-refractivity contribution in [3.05, 3.63) is 0 Å². The van der Waals surface area contributed by atoms with Crippen molar-refractivity contribution < 1.29 is 19.1 Å². The van der Waals surface area contributed by atoms with E-state index >= 15 is 0 Å². The highest BCUT2D eigenvalue weighted by Crippen LogP contribution is 2.14. The number of carbonyl (C=O) groups is 3. The summed E-state index contributed by atoms with van der Waals surface area (Å²) in [6, 6.07) is 0.536. The first-order chi connectivity index (χ1) is 14.0. The molecular formula is C23H47N3O4. The van der Waals surface area contributed by atoms with Gasteiger partial charge in [-0.15, -0.1) is 0 Å². The second-order valence-corrected chi connectivity index (χ2v) is 8.83. The third kappa shape index (κ3) is 26.4. The molecule has 5 N–H and O–H groups in total. The fourth-order valence-electron chi connectivity index (χ4n) is 2.70. The molecule has 0 aromatic carbocycles. The number of carbonyl (C=O) groups excluding carboxylic acids is 3. The summed E-state index contributed by atoms with van der Waals surface area (Å²) in [7, 11) is 0. The van der Waals surface area contributed by atoms with Gasteiger partial charge in [-0.3, -0.25) is 14.9 Å². The Morgan fingerprint density at radius 2 is 1.40 bits per heavy atom. The molecule has 7 heteroatoms. The number of hydrogen-bond acceptors (Lipinski definition) is 5. The van der Waals surface area contributed by atoms with Gasteiger partial charge in [0, 0.05) is 18.9 Å². The second kappa shape index (κ2) is 19.3. The highest BCUT2D eigenvalue weighted by molar-refractivity contribution is 5.91. The molecular weight excluding hydrogens is 382 g/mol. The van der Waals surface area contributed by atoms with Gasteiger partial charge in [-0.2, -0.15) is 0 Å². The van der Waals surface area contributed by atoms with Crippen molar-refractivity contribution in [2.45, 2.75) is 130 Å². The Bertz CT molecular complexity index is 456. The zero-order valence-corrected chi connectivity index (χ0v) is 20.1. The van der Waals surface area contributed by atoms with Gasteiger partial charge in [0.25, 0.3) is 0 Å². The summed E-state index contributed by atoms with van der Waals surface area (Å²) in [6.45, 7) is 9.43. The lowest BCUT2D eigenvalue weighted by atomic mass is 9.97. The summed E-state index contributed by atoms with van der Waals surface area (Å²) in [6.07, 6.45) is 13.0. The van der Waals surface area contributed by atoms with E-state index in [0.717, 1.165) is 38.5 Å². The predicted molar refractivity (Wildman–Crippen MR) is 123 cm³/mol. The van der Waals surface area contributed by atoms with E-state index in [9.17, 15) is 14.4 Å². The molecule has 1 rings (SSSR count). The van der Waals surface area contributed by atoms with Gasteiger partial charge >= 0.3 is 6.09 Å². The molecule has 178 valence electrons. The van der Waals surface area contributed by atoms with Crippen molar-refractivity contribution >= 4 is 17.9 Å². The Labute approximate surface area is 184 Å². The number of rotatable bonds is 8. The van der Waals surface area contributed by atoms with Gasteiger partial charge in [0.1, 0.15) is 5.60 Å². The summed E-state index contributed by atoms with van der Waals surface area (Å²) in [4.78, 5) is 32.4. The van der Waals surface area contributed by atoms with E-state index in [4.69, 9.17) is 16.2 Å². The summed E-state index contributed by atoms with van der Waals surface area (Å²) >= 11 is 0. The highest BCUT2D eigenvalue weighted by atomic mass is 16.6. The van der Waals surface area contributed by atoms with Gasteiger partial charge in [0.15, 0.2) is 0 Å². The Morgan fingerprint density at radius 3 is 1.77 bits per heavy atom. The molecule has 1 fully saturated rings. The molecule has 1 saturated carbocycles. The van der Waals surface area contributed by atoms with Crippen molar-refractivity contribution in [2.75, 3.05) is 0 Å². The van der Waals surface area contributed by atoms with Crippen LogP contribution >= 0.6 is 0 Å². The van der Waals surface area contributed by atoms with Crippen molar-refractivity contribution in [1.29, 1.82) is 0 Å². The molecule has 0 aromatic heterocycles. The van der Waals surface area contributed by atoms with E-state index < -0.39 is 11.7 Å². The average molecular weight is 430 g/mol. The molecule has 1 aliphatic carbocycles. The number of ether oxygens (including phenoxy) is 1. The number of unbranched alkanes of at least 4 members (excludes halogenated alkanes) is 4. The number of nitrogens with two attached hydrogens (primary N) is 2. The average Bonchev–Trinajstić information content (AvgIpc) is 2.62. The Kier molecular flexibility index (Phi) is 19.7. The molecule has 0 aliphatic heterocycles. The quantitative estimate of drug-likeness (QED) is 0.471. The zero-order valence-electron chi connectivity index (χ0n) is 20.1. The SMILES string of the molecule is CCCCCC(=O)NC(=O)OC(C)(C)C.CCCCCC(N)=O.NC1CCCCC1. The molecule has 3 amide bonds. The van der Waals surface area contributed by atoms with Crippen molar-refractivity contribution in [2.24, 2.45) is 11.5 Å². The predicted octanol–water partition coefficient (Wildman–Crippen LogP) is 4.95. The number of amides is 3. The fourth-order valence-corrected chi connectivity index (χ4v) is 2.70. The first kappa shape index (κ1) is 30.6. The number of imide groups is 1. The minimum atomic E-state index is -0.663. The van der Waals surface area contributed by atoms with Crippen LogP contribution in [0.25, 0.3) is 0 Å².